The first-order chi connectivity index (χ1) is 12.7. The Labute approximate surface area is 151 Å². The first-order valence-corrected chi connectivity index (χ1v) is 8.58. The third-order valence-electron chi connectivity index (χ3n) is 4.59. The van der Waals surface area contributed by atoms with Gasteiger partial charge in [0.2, 0.25) is 0 Å². The molecule has 3 aromatic rings. The molecule has 1 aliphatic rings. The molecule has 0 bridgehead atoms. The number of nitriles is 1. The number of rotatable bonds is 3. The minimum absolute atomic E-state index is 0.449. The van der Waals surface area contributed by atoms with Crippen LogP contribution in [-0.2, 0) is 6.54 Å². The van der Waals surface area contributed by atoms with E-state index in [-0.39, 0.29) is 0 Å². The summed E-state index contributed by atoms with van der Waals surface area (Å²) in [6.45, 7) is 4.15. The number of hydrogen-bond donors (Lipinski definition) is 1. The van der Waals surface area contributed by atoms with Crippen molar-refractivity contribution < 1.29 is 0 Å². The van der Waals surface area contributed by atoms with E-state index in [4.69, 9.17) is 11.0 Å². The van der Waals surface area contributed by atoms with Gasteiger partial charge in [-0.05, 0) is 24.3 Å². The first kappa shape index (κ1) is 16.2. The van der Waals surface area contributed by atoms with Crippen molar-refractivity contribution in [3.63, 3.8) is 0 Å². The van der Waals surface area contributed by atoms with Crippen LogP contribution in [0.3, 0.4) is 0 Å². The van der Waals surface area contributed by atoms with E-state index < -0.39 is 0 Å². The van der Waals surface area contributed by atoms with Gasteiger partial charge in [0.15, 0.2) is 0 Å². The van der Waals surface area contributed by atoms with Crippen LogP contribution in [0.2, 0.25) is 0 Å². The number of hydrogen-bond acceptors (Lipinski definition) is 7. The molecule has 0 spiro atoms. The van der Waals surface area contributed by atoms with Crippen molar-refractivity contribution in [3.05, 3.63) is 54.0 Å². The minimum atomic E-state index is 0.449. The SMILES string of the molecule is N#Cc1cccc(N2CCN(Cc3nc(N)c4ccccc4n3)CC2)n1. The van der Waals surface area contributed by atoms with Gasteiger partial charge in [-0.2, -0.15) is 5.26 Å². The van der Waals surface area contributed by atoms with E-state index in [0.717, 1.165) is 48.7 Å². The summed E-state index contributed by atoms with van der Waals surface area (Å²) >= 11 is 0. The molecular formula is C19H19N7. The molecule has 4 rings (SSSR count). The summed E-state index contributed by atoms with van der Waals surface area (Å²) in [5.41, 5.74) is 7.40. The van der Waals surface area contributed by atoms with Crippen LogP contribution in [0.5, 0.6) is 0 Å². The van der Waals surface area contributed by atoms with Crippen molar-refractivity contribution in [3.8, 4) is 6.07 Å². The Kier molecular flexibility index (Phi) is 4.33. The molecule has 0 amide bonds. The number of nitrogens with two attached hydrogens (primary N) is 1. The fraction of sp³-hybridized carbons (Fsp3) is 0.263. The van der Waals surface area contributed by atoms with Crippen molar-refractivity contribution in [1.82, 2.24) is 19.9 Å². The number of nitrogens with zero attached hydrogens (tertiary/aromatic N) is 6. The molecular weight excluding hydrogens is 326 g/mol. The second-order valence-corrected chi connectivity index (χ2v) is 6.30. The summed E-state index contributed by atoms with van der Waals surface area (Å²) in [5.74, 6) is 2.14. The van der Waals surface area contributed by atoms with E-state index >= 15 is 0 Å². The molecule has 2 aromatic heterocycles. The topological polar surface area (TPSA) is 95.0 Å². The molecule has 0 saturated carbocycles. The van der Waals surface area contributed by atoms with Gasteiger partial charge in [0.1, 0.15) is 29.2 Å². The molecule has 1 aliphatic heterocycles. The van der Waals surface area contributed by atoms with Crippen LogP contribution in [0, 0.1) is 11.3 Å². The van der Waals surface area contributed by atoms with Crippen molar-refractivity contribution in [2.24, 2.45) is 0 Å². The predicted octanol–water partition coefficient (Wildman–Crippen LogP) is 1.80. The zero-order chi connectivity index (χ0) is 17.9. The van der Waals surface area contributed by atoms with Gasteiger partial charge in [-0.3, -0.25) is 4.90 Å². The number of piperazine rings is 1. The highest BCUT2D eigenvalue weighted by molar-refractivity contribution is 5.87. The number of benzene rings is 1. The molecule has 0 radical (unpaired) electrons. The largest absolute Gasteiger partial charge is 0.383 e. The monoisotopic (exact) mass is 345 g/mol. The van der Waals surface area contributed by atoms with E-state index in [9.17, 15) is 0 Å². The zero-order valence-corrected chi connectivity index (χ0v) is 14.3. The number of nitrogen functional groups attached to an aromatic ring is 1. The Bertz CT molecular complexity index is 971. The predicted molar refractivity (Wildman–Crippen MR) is 100 cm³/mol. The van der Waals surface area contributed by atoms with E-state index in [1.807, 2.05) is 36.4 Å². The molecule has 7 nitrogen and oxygen atoms in total. The van der Waals surface area contributed by atoms with Crippen molar-refractivity contribution in [1.29, 1.82) is 5.26 Å². The molecule has 7 heteroatoms. The van der Waals surface area contributed by atoms with Crippen LogP contribution >= 0.6 is 0 Å². The smallest absolute Gasteiger partial charge is 0.145 e. The lowest BCUT2D eigenvalue weighted by atomic mass is 10.2. The second kappa shape index (κ2) is 6.94. The maximum atomic E-state index is 9.00. The lowest BCUT2D eigenvalue weighted by molar-refractivity contribution is 0.244. The fourth-order valence-electron chi connectivity index (χ4n) is 3.22. The summed E-state index contributed by atoms with van der Waals surface area (Å²) in [4.78, 5) is 18.0. The van der Waals surface area contributed by atoms with Crippen LogP contribution < -0.4 is 10.6 Å². The number of anilines is 2. The van der Waals surface area contributed by atoms with E-state index in [0.29, 0.717) is 18.1 Å². The van der Waals surface area contributed by atoms with Crippen molar-refractivity contribution in [2.45, 2.75) is 6.54 Å². The molecule has 1 aromatic carbocycles. The van der Waals surface area contributed by atoms with Crippen LogP contribution in [-0.4, -0.2) is 46.0 Å². The molecule has 26 heavy (non-hydrogen) atoms. The molecule has 1 saturated heterocycles. The quantitative estimate of drug-likeness (QED) is 0.773. The molecule has 130 valence electrons. The van der Waals surface area contributed by atoms with Gasteiger partial charge in [0.05, 0.1) is 12.1 Å². The van der Waals surface area contributed by atoms with Crippen LogP contribution in [0.25, 0.3) is 10.9 Å². The minimum Gasteiger partial charge on any atom is -0.383 e. The number of aromatic nitrogens is 3. The lowest BCUT2D eigenvalue weighted by Crippen LogP contribution is -2.46. The van der Waals surface area contributed by atoms with Crippen molar-refractivity contribution in [2.75, 3.05) is 36.8 Å². The fourth-order valence-corrected chi connectivity index (χ4v) is 3.22. The van der Waals surface area contributed by atoms with Gasteiger partial charge in [-0.25, -0.2) is 15.0 Å². The standard InChI is InChI=1S/C19H19N7/c20-12-14-4-3-7-18(22-14)26-10-8-25(9-11-26)13-17-23-16-6-2-1-5-15(16)19(21)24-17/h1-7H,8-11,13H2,(H2,21,23,24). The van der Waals surface area contributed by atoms with Crippen LogP contribution in [0.1, 0.15) is 11.5 Å². The van der Waals surface area contributed by atoms with Gasteiger partial charge in [0, 0.05) is 31.6 Å². The third-order valence-corrected chi connectivity index (χ3v) is 4.59. The van der Waals surface area contributed by atoms with E-state index in [2.05, 4.69) is 30.8 Å². The summed E-state index contributed by atoms with van der Waals surface area (Å²) in [6.07, 6.45) is 0. The number of pyridine rings is 1. The molecule has 0 unspecified atom stereocenters. The zero-order valence-electron chi connectivity index (χ0n) is 14.3. The van der Waals surface area contributed by atoms with E-state index in [1.165, 1.54) is 0 Å². The highest BCUT2D eigenvalue weighted by Crippen LogP contribution is 2.19. The normalized spacial score (nSPS) is 15.1. The third kappa shape index (κ3) is 3.27. The maximum absolute atomic E-state index is 9.00. The average molecular weight is 345 g/mol. The number of para-hydroxylation sites is 1. The maximum Gasteiger partial charge on any atom is 0.145 e. The van der Waals surface area contributed by atoms with Gasteiger partial charge < -0.3 is 10.6 Å². The van der Waals surface area contributed by atoms with Gasteiger partial charge >= 0.3 is 0 Å². The molecule has 1 fully saturated rings. The Morgan fingerprint density at radius 2 is 1.77 bits per heavy atom. The summed E-state index contributed by atoms with van der Waals surface area (Å²) < 4.78 is 0. The summed E-state index contributed by atoms with van der Waals surface area (Å²) in [6, 6.07) is 15.4. The Morgan fingerprint density at radius 1 is 0.962 bits per heavy atom. The highest BCUT2D eigenvalue weighted by Gasteiger charge is 2.19. The van der Waals surface area contributed by atoms with Gasteiger partial charge in [-0.1, -0.05) is 18.2 Å². The van der Waals surface area contributed by atoms with Crippen LogP contribution in [0.4, 0.5) is 11.6 Å². The molecule has 3 heterocycles. The van der Waals surface area contributed by atoms with Gasteiger partial charge in [-0.15, -0.1) is 0 Å². The Morgan fingerprint density at radius 3 is 2.58 bits per heavy atom. The molecule has 2 N–H and O–H groups in total. The van der Waals surface area contributed by atoms with Gasteiger partial charge in [0.25, 0.3) is 0 Å². The number of fused-ring (bicyclic) bond motifs is 1. The van der Waals surface area contributed by atoms with E-state index in [1.54, 1.807) is 6.07 Å². The summed E-state index contributed by atoms with van der Waals surface area (Å²) in [5, 5.41) is 9.89. The summed E-state index contributed by atoms with van der Waals surface area (Å²) in [7, 11) is 0. The van der Waals surface area contributed by atoms with Crippen LogP contribution in [0.15, 0.2) is 42.5 Å². The first-order valence-electron chi connectivity index (χ1n) is 8.58. The average Bonchev–Trinajstić information content (AvgIpc) is 2.69. The molecule has 0 aliphatic carbocycles. The molecule has 0 atom stereocenters. The second-order valence-electron chi connectivity index (χ2n) is 6.30. The Hall–Kier alpha value is -3.24. The highest BCUT2D eigenvalue weighted by atomic mass is 15.3. The Balaban J connectivity index is 1.43. The lowest BCUT2D eigenvalue weighted by Gasteiger charge is -2.35. The van der Waals surface area contributed by atoms with Crippen molar-refractivity contribution >= 4 is 22.5 Å².